The van der Waals surface area contributed by atoms with E-state index in [1.54, 1.807) is 13.3 Å². The maximum absolute atomic E-state index is 12.1. The van der Waals surface area contributed by atoms with Gasteiger partial charge in [0, 0.05) is 51.2 Å². The van der Waals surface area contributed by atoms with Crippen LogP contribution in [0.2, 0.25) is 0 Å². The number of likely N-dealkylation sites (tertiary alicyclic amines) is 1. The van der Waals surface area contributed by atoms with Gasteiger partial charge in [-0.25, -0.2) is 17.7 Å². The van der Waals surface area contributed by atoms with Crippen LogP contribution in [0.15, 0.2) is 36.7 Å². The summed E-state index contributed by atoms with van der Waals surface area (Å²) in [5.74, 6) is 1.27. The summed E-state index contributed by atoms with van der Waals surface area (Å²) in [6.07, 6.45) is 2.96. The topological polar surface area (TPSA) is 87.9 Å². The molecule has 0 unspecified atom stereocenters. The molecular weight excluding hydrogens is 368 g/mol. The molecule has 27 heavy (non-hydrogen) atoms. The number of imidazole rings is 1. The Kier molecular flexibility index (Phi) is 5.85. The van der Waals surface area contributed by atoms with Crippen molar-refractivity contribution in [2.75, 3.05) is 40.0 Å². The zero-order valence-corrected chi connectivity index (χ0v) is 16.6. The van der Waals surface area contributed by atoms with Crippen LogP contribution in [0.25, 0.3) is 5.69 Å². The highest BCUT2D eigenvalue weighted by Crippen LogP contribution is 2.23. The monoisotopic (exact) mass is 394 g/mol. The molecule has 2 heterocycles. The fourth-order valence-electron chi connectivity index (χ4n) is 3.28. The molecule has 0 radical (unpaired) electrons. The van der Waals surface area contributed by atoms with Crippen LogP contribution in [-0.2, 0) is 16.6 Å². The molecule has 8 nitrogen and oxygen atoms in total. The molecule has 0 spiro atoms. The lowest BCUT2D eigenvalue weighted by molar-refractivity contribution is 0.147. The van der Waals surface area contributed by atoms with Crippen molar-refractivity contribution in [3.05, 3.63) is 42.5 Å². The Labute approximate surface area is 160 Å². The van der Waals surface area contributed by atoms with E-state index in [2.05, 4.69) is 4.98 Å². The number of ether oxygens (including phenoxy) is 1. The van der Waals surface area contributed by atoms with E-state index in [9.17, 15) is 13.5 Å². The standard InChI is InChI=1S/C18H26N4O4S/c1-20(2)27(24,25)13-14-10-21(11-17(14)23)12-18-19-8-9-22(18)15-4-6-16(26-3)7-5-15/h4-9,14,17,23H,10-13H2,1-3H3/t14-,17+/m0/s1. The number of nitrogens with zero attached hydrogens (tertiary/aromatic N) is 4. The van der Waals surface area contributed by atoms with Gasteiger partial charge in [-0.2, -0.15) is 0 Å². The number of hydrogen-bond donors (Lipinski definition) is 1. The second kappa shape index (κ2) is 7.97. The van der Waals surface area contributed by atoms with Crippen molar-refractivity contribution in [1.29, 1.82) is 0 Å². The SMILES string of the molecule is COc1ccc(-n2ccnc2CN2C[C@@H](CS(=O)(=O)N(C)C)[C@H](O)C2)cc1. The highest BCUT2D eigenvalue weighted by Gasteiger charge is 2.35. The average molecular weight is 394 g/mol. The van der Waals surface area contributed by atoms with Crippen LogP contribution in [0.5, 0.6) is 5.75 Å². The van der Waals surface area contributed by atoms with Crippen molar-refractivity contribution in [2.45, 2.75) is 12.6 Å². The fraction of sp³-hybridized carbons (Fsp3) is 0.500. The fourth-order valence-corrected chi connectivity index (χ4v) is 4.45. The van der Waals surface area contributed by atoms with Crippen LogP contribution in [0.4, 0.5) is 0 Å². The van der Waals surface area contributed by atoms with Crippen molar-refractivity contribution in [3.63, 3.8) is 0 Å². The summed E-state index contributed by atoms with van der Waals surface area (Å²) >= 11 is 0. The predicted molar refractivity (Wildman–Crippen MR) is 102 cm³/mol. The number of hydrogen-bond acceptors (Lipinski definition) is 6. The molecule has 1 aliphatic heterocycles. The maximum atomic E-state index is 12.1. The third-order valence-corrected chi connectivity index (χ3v) is 6.86. The minimum absolute atomic E-state index is 0.0510. The summed E-state index contributed by atoms with van der Waals surface area (Å²) in [4.78, 5) is 6.48. The summed E-state index contributed by atoms with van der Waals surface area (Å²) in [6.45, 7) is 1.49. The van der Waals surface area contributed by atoms with Gasteiger partial charge in [0.1, 0.15) is 11.6 Å². The Bertz CT molecular complexity index is 864. The Hall–Kier alpha value is -1.94. The van der Waals surface area contributed by atoms with Crippen LogP contribution in [-0.4, -0.2) is 78.4 Å². The number of rotatable bonds is 7. The van der Waals surface area contributed by atoms with E-state index in [0.717, 1.165) is 17.3 Å². The van der Waals surface area contributed by atoms with Crippen molar-refractivity contribution >= 4 is 10.0 Å². The number of methoxy groups -OCH3 is 1. The summed E-state index contributed by atoms with van der Waals surface area (Å²) < 4.78 is 32.6. The van der Waals surface area contributed by atoms with Gasteiger partial charge >= 0.3 is 0 Å². The molecule has 1 aromatic carbocycles. The number of sulfonamides is 1. The molecule has 0 aliphatic carbocycles. The van der Waals surface area contributed by atoms with E-state index in [4.69, 9.17) is 4.74 Å². The van der Waals surface area contributed by atoms with Crippen molar-refractivity contribution < 1.29 is 18.3 Å². The predicted octanol–water partition coefficient (Wildman–Crippen LogP) is 0.565. The van der Waals surface area contributed by atoms with Crippen molar-refractivity contribution in [1.82, 2.24) is 18.8 Å². The van der Waals surface area contributed by atoms with Crippen LogP contribution >= 0.6 is 0 Å². The van der Waals surface area contributed by atoms with Crippen molar-refractivity contribution in [3.8, 4) is 11.4 Å². The number of aliphatic hydroxyl groups excluding tert-OH is 1. The molecule has 3 rings (SSSR count). The molecule has 2 atom stereocenters. The molecule has 2 aromatic rings. The first kappa shape index (κ1) is 19.8. The Morgan fingerprint density at radius 2 is 1.96 bits per heavy atom. The minimum Gasteiger partial charge on any atom is -0.497 e. The largest absolute Gasteiger partial charge is 0.497 e. The molecule has 0 bridgehead atoms. The van der Waals surface area contributed by atoms with Gasteiger partial charge in [0.2, 0.25) is 10.0 Å². The smallest absolute Gasteiger partial charge is 0.214 e. The highest BCUT2D eigenvalue weighted by atomic mass is 32.2. The van der Waals surface area contributed by atoms with Gasteiger partial charge in [-0.3, -0.25) is 4.90 Å². The van der Waals surface area contributed by atoms with Gasteiger partial charge in [-0.1, -0.05) is 0 Å². The van der Waals surface area contributed by atoms with E-state index in [1.165, 1.54) is 18.4 Å². The molecule has 148 valence electrons. The molecule has 1 N–H and O–H groups in total. The third-order valence-electron chi connectivity index (χ3n) is 4.90. The van der Waals surface area contributed by atoms with E-state index in [1.807, 2.05) is 39.9 Å². The molecule has 1 fully saturated rings. The van der Waals surface area contributed by atoms with Crippen LogP contribution in [0.3, 0.4) is 0 Å². The summed E-state index contributed by atoms with van der Waals surface area (Å²) in [5.41, 5.74) is 0.967. The van der Waals surface area contributed by atoms with Crippen LogP contribution in [0, 0.1) is 5.92 Å². The first-order valence-corrected chi connectivity index (χ1v) is 10.4. The van der Waals surface area contributed by atoms with E-state index in [-0.39, 0.29) is 11.7 Å². The first-order chi connectivity index (χ1) is 12.8. The quantitative estimate of drug-likeness (QED) is 0.739. The van der Waals surface area contributed by atoms with Gasteiger partial charge < -0.3 is 14.4 Å². The Morgan fingerprint density at radius 3 is 2.59 bits per heavy atom. The van der Waals surface area contributed by atoms with E-state index < -0.39 is 16.1 Å². The van der Waals surface area contributed by atoms with E-state index >= 15 is 0 Å². The Morgan fingerprint density at radius 1 is 1.26 bits per heavy atom. The lowest BCUT2D eigenvalue weighted by atomic mass is 10.1. The zero-order valence-electron chi connectivity index (χ0n) is 15.8. The number of aliphatic hydroxyl groups is 1. The van der Waals surface area contributed by atoms with Gasteiger partial charge in [0.05, 0.1) is 25.5 Å². The lowest BCUT2D eigenvalue weighted by Gasteiger charge is -2.18. The third kappa shape index (κ3) is 4.49. The number of β-amino-alcohol motifs (C(OH)–C–C–N with tert-alkyl or cyclic N) is 1. The normalized spacial score (nSPS) is 21.1. The first-order valence-electron chi connectivity index (χ1n) is 8.77. The highest BCUT2D eigenvalue weighted by molar-refractivity contribution is 7.89. The second-order valence-corrected chi connectivity index (χ2v) is 9.22. The Balaban J connectivity index is 1.69. The van der Waals surface area contributed by atoms with Gasteiger partial charge in [0.25, 0.3) is 0 Å². The van der Waals surface area contributed by atoms with Gasteiger partial charge in [-0.15, -0.1) is 0 Å². The average Bonchev–Trinajstić information content (AvgIpc) is 3.21. The molecule has 9 heteroatoms. The van der Waals surface area contributed by atoms with Crippen LogP contribution < -0.4 is 4.74 Å². The zero-order chi connectivity index (χ0) is 19.6. The van der Waals surface area contributed by atoms with Crippen molar-refractivity contribution in [2.24, 2.45) is 5.92 Å². The van der Waals surface area contributed by atoms with E-state index in [0.29, 0.717) is 19.6 Å². The number of benzene rings is 1. The van der Waals surface area contributed by atoms with Gasteiger partial charge in [-0.05, 0) is 24.3 Å². The minimum atomic E-state index is -3.34. The molecular formula is C18H26N4O4S. The lowest BCUT2D eigenvalue weighted by Crippen LogP contribution is -2.33. The molecule has 1 aromatic heterocycles. The summed E-state index contributed by atoms with van der Waals surface area (Å²) in [5, 5.41) is 10.3. The van der Waals surface area contributed by atoms with Gasteiger partial charge in [0.15, 0.2) is 0 Å². The molecule has 1 aliphatic rings. The van der Waals surface area contributed by atoms with Crippen LogP contribution in [0.1, 0.15) is 5.82 Å². The maximum Gasteiger partial charge on any atom is 0.214 e. The number of aromatic nitrogens is 2. The molecule has 0 saturated carbocycles. The molecule has 1 saturated heterocycles. The summed E-state index contributed by atoms with van der Waals surface area (Å²) in [7, 11) is 1.31. The molecule has 0 amide bonds. The second-order valence-electron chi connectivity index (χ2n) is 6.99. The summed E-state index contributed by atoms with van der Waals surface area (Å²) in [6, 6.07) is 7.69.